The molecule has 2 rings (SSSR count). The van der Waals surface area contributed by atoms with Gasteiger partial charge in [-0.1, -0.05) is 6.07 Å². The molecule has 2 aromatic rings. The lowest BCUT2D eigenvalue weighted by Crippen LogP contribution is -2.23. The van der Waals surface area contributed by atoms with Crippen molar-refractivity contribution in [1.82, 2.24) is 4.98 Å². The summed E-state index contributed by atoms with van der Waals surface area (Å²) in [6.45, 7) is 6.89. The first-order valence-electron chi connectivity index (χ1n) is 7.10. The van der Waals surface area contributed by atoms with Crippen LogP contribution in [-0.2, 0) is 6.42 Å². The highest BCUT2D eigenvalue weighted by Crippen LogP contribution is 2.13. The molecule has 3 N–H and O–H groups in total. The predicted molar refractivity (Wildman–Crippen MR) is 104 cm³/mol. The Morgan fingerprint density at radius 2 is 1.91 bits per heavy atom. The topological polar surface area (TPSA) is 63.3 Å². The van der Waals surface area contributed by atoms with Crippen molar-refractivity contribution >= 4 is 35.6 Å². The molecule has 0 fully saturated rings. The molecule has 4 nitrogen and oxygen atoms in total. The minimum absolute atomic E-state index is 0. The Kier molecular flexibility index (Phi) is 7.31. The fourth-order valence-corrected chi connectivity index (χ4v) is 2.09. The van der Waals surface area contributed by atoms with E-state index in [1.807, 2.05) is 24.5 Å². The molecule has 0 bridgehead atoms. The van der Waals surface area contributed by atoms with Gasteiger partial charge in [-0.25, -0.2) is 0 Å². The van der Waals surface area contributed by atoms with Gasteiger partial charge < -0.3 is 11.1 Å². The first-order valence-corrected chi connectivity index (χ1v) is 7.10. The number of pyridine rings is 1. The largest absolute Gasteiger partial charge is 0.370 e. The van der Waals surface area contributed by atoms with Gasteiger partial charge in [-0.15, -0.1) is 24.0 Å². The lowest BCUT2D eigenvalue weighted by molar-refractivity contribution is 0.948. The van der Waals surface area contributed by atoms with Crippen LogP contribution in [0.4, 0.5) is 5.69 Å². The third kappa shape index (κ3) is 5.29. The van der Waals surface area contributed by atoms with Crippen molar-refractivity contribution in [3.63, 3.8) is 0 Å². The molecule has 0 unspecified atom stereocenters. The number of anilines is 1. The molecule has 0 aliphatic carbocycles. The number of aromatic nitrogens is 1. The number of rotatable bonds is 4. The highest BCUT2D eigenvalue weighted by atomic mass is 127. The van der Waals surface area contributed by atoms with Gasteiger partial charge in [-0.3, -0.25) is 9.98 Å². The number of benzene rings is 1. The van der Waals surface area contributed by atoms with E-state index in [0.29, 0.717) is 12.5 Å². The van der Waals surface area contributed by atoms with Crippen LogP contribution >= 0.6 is 24.0 Å². The van der Waals surface area contributed by atoms with Crippen LogP contribution in [0.15, 0.2) is 41.7 Å². The van der Waals surface area contributed by atoms with Gasteiger partial charge in [-0.05, 0) is 67.6 Å². The maximum Gasteiger partial charge on any atom is 0.193 e. The summed E-state index contributed by atoms with van der Waals surface area (Å²) >= 11 is 0. The Morgan fingerprint density at radius 3 is 2.59 bits per heavy atom. The van der Waals surface area contributed by atoms with Crippen LogP contribution in [0.3, 0.4) is 0 Å². The summed E-state index contributed by atoms with van der Waals surface area (Å²) in [5.74, 6) is 0.449. The zero-order chi connectivity index (χ0) is 15.2. The van der Waals surface area contributed by atoms with E-state index >= 15 is 0 Å². The van der Waals surface area contributed by atoms with E-state index in [1.54, 1.807) is 0 Å². The third-order valence-corrected chi connectivity index (χ3v) is 3.58. The number of aryl methyl sites for hydroxylation is 3. The third-order valence-electron chi connectivity index (χ3n) is 3.58. The minimum Gasteiger partial charge on any atom is -0.370 e. The lowest BCUT2D eigenvalue weighted by atomic mass is 10.1. The zero-order valence-corrected chi connectivity index (χ0v) is 15.6. The Labute approximate surface area is 149 Å². The average Bonchev–Trinajstić information content (AvgIpc) is 2.45. The highest BCUT2D eigenvalue weighted by molar-refractivity contribution is 14.0. The van der Waals surface area contributed by atoms with Gasteiger partial charge >= 0.3 is 0 Å². The molecule has 1 heterocycles. The fourth-order valence-electron chi connectivity index (χ4n) is 2.09. The minimum atomic E-state index is 0. The SMILES string of the molecule is Cc1ccc(NC(N)=NCCc2ccncc2C)cc1C.I. The lowest BCUT2D eigenvalue weighted by Gasteiger charge is -2.08. The van der Waals surface area contributed by atoms with Crippen LogP contribution in [0, 0.1) is 20.8 Å². The van der Waals surface area contributed by atoms with Crippen LogP contribution in [0.25, 0.3) is 0 Å². The molecule has 118 valence electrons. The van der Waals surface area contributed by atoms with Crippen molar-refractivity contribution in [2.24, 2.45) is 10.7 Å². The summed E-state index contributed by atoms with van der Waals surface area (Å²) in [5, 5.41) is 3.13. The molecule has 0 aliphatic rings. The van der Waals surface area contributed by atoms with Crippen LogP contribution in [0.5, 0.6) is 0 Å². The second-order valence-corrected chi connectivity index (χ2v) is 5.24. The molecule has 0 aliphatic heterocycles. The Morgan fingerprint density at radius 1 is 1.14 bits per heavy atom. The maximum absolute atomic E-state index is 5.92. The summed E-state index contributed by atoms with van der Waals surface area (Å²) in [5.41, 5.74) is 11.8. The number of nitrogens with zero attached hydrogens (tertiary/aromatic N) is 2. The number of halogens is 1. The number of hydrogen-bond donors (Lipinski definition) is 2. The number of guanidine groups is 1. The van der Waals surface area contributed by atoms with E-state index in [0.717, 1.165) is 12.1 Å². The van der Waals surface area contributed by atoms with Crippen LogP contribution in [-0.4, -0.2) is 17.5 Å². The quantitative estimate of drug-likeness (QED) is 0.460. The van der Waals surface area contributed by atoms with Gasteiger partial charge in [0.15, 0.2) is 5.96 Å². The summed E-state index contributed by atoms with van der Waals surface area (Å²) in [4.78, 5) is 8.46. The van der Waals surface area contributed by atoms with E-state index in [9.17, 15) is 0 Å². The van der Waals surface area contributed by atoms with E-state index in [2.05, 4.69) is 48.2 Å². The molecule has 0 saturated heterocycles. The molecular weight excluding hydrogens is 387 g/mol. The molecule has 1 aromatic heterocycles. The average molecular weight is 410 g/mol. The van der Waals surface area contributed by atoms with Crippen molar-refractivity contribution in [1.29, 1.82) is 0 Å². The molecule has 0 radical (unpaired) electrons. The fraction of sp³-hybridized carbons (Fsp3) is 0.294. The van der Waals surface area contributed by atoms with Gasteiger partial charge in [0.25, 0.3) is 0 Å². The van der Waals surface area contributed by atoms with Gasteiger partial charge in [0, 0.05) is 24.6 Å². The summed E-state index contributed by atoms with van der Waals surface area (Å²) < 4.78 is 0. The smallest absolute Gasteiger partial charge is 0.193 e. The number of aliphatic imine (C=N–C) groups is 1. The molecule has 1 aromatic carbocycles. The van der Waals surface area contributed by atoms with Gasteiger partial charge in [0.2, 0.25) is 0 Å². The monoisotopic (exact) mass is 410 g/mol. The predicted octanol–water partition coefficient (Wildman–Crippen LogP) is 3.59. The van der Waals surface area contributed by atoms with Crippen molar-refractivity contribution in [3.05, 3.63) is 58.9 Å². The molecule has 5 heteroatoms. The number of nitrogens with one attached hydrogen (secondary N) is 1. The van der Waals surface area contributed by atoms with Crippen LogP contribution in [0.1, 0.15) is 22.3 Å². The van der Waals surface area contributed by atoms with Gasteiger partial charge in [0.05, 0.1) is 0 Å². The van der Waals surface area contributed by atoms with E-state index in [4.69, 9.17) is 5.73 Å². The molecule has 0 spiro atoms. The highest BCUT2D eigenvalue weighted by Gasteiger charge is 1.99. The Hall–Kier alpha value is -1.63. The first-order chi connectivity index (χ1) is 10.1. The number of nitrogens with two attached hydrogens (primary N) is 1. The van der Waals surface area contributed by atoms with E-state index < -0.39 is 0 Å². The zero-order valence-electron chi connectivity index (χ0n) is 13.3. The second kappa shape index (κ2) is 8.73. The van der Waals surface area contributed by atoms with Gasteiger partial charge in [0.1, 0.15) is 0 Å². The van der Waals surface area contributed by atoms with Crippen LogP contribution < -0.4 is 11.1 Å². The van der Waals surface area contributed by atoms with Crippen molar-refractivity contribution < 1.29 is 0 Å². The van der Waals surface area contributed by atoms with Crippen LogP contribution in [0.2, 0.25) is 0 Å². The number of hydrogen-bond acceptors (Lipinski definition) is 2. The molecule has 0 atom stereocenters. The van der Waals surface area contributed by atoms with Gasteiger partial charge in [-0.2, -0.15) is 0 Å². The van der Waals surface area contributed by atoms with Crippen molar-refractivity contribution in [2.45, 2.75) is 27.2 Å². The van der Waals surface area contributed by atoms with E-state index in [-0.39, 0.29) is 24.0 Å². The maximum atomic E-state index is 5.92. The van der Waals surface area contributed by atoms with Crippen molar-refractivity contribution in [2.75, 3.05) is 11.9 Å². The summed E-state index contributed by atoms with van der Waals surface area (Å²) in [7, 11) is 0. The molecule has 0 saturated carbocycles. The molecule has 0 amide bonds. The molecule has 22 heavy (non-hydrogen) atoms. The summed E-state index contributed by atoms with van der Waals surface area (Å²) in [6.07, 6.45) is 4.54. The second-order valence-electron chi connectivity index (χ2n) is 5.24. The normalized spacial score (nSPS) is 11.0. The Balaban J connectivity index is 0.00000242. The van der Waals surface area contributed by atoms with Crippen molar-refractivity contribution in [3.8, 4) is 0 Å². The first kappa shape index (κ1) is 18.4. The Bertz CT molecular complexity index is 653. The summed E-state index contributed by atoms with van der Waals surface area (Å²) in [6, 6.07) is 8.19. The molecular formula is C17H23IN4. The standard InChI is InChI=1S/C17H22N4.HI/c1-12-4-5-16(10-13(12)2)21-17(18)20-9-7-15-6-8-19-11-14(15)3;/h4-6,8,10-11H,7,9H2,1-3H3,(H3,18,20,21);1H. The van der Waals surface area contributed by atoms with E-state index in [1.165, 1.54) is 22.3 Å².